The lowest BCUT2D eigenvalue weighted by atomic mass is 10.0. The lowest BCUT2D eigenvalue weighted by molar-refractivity contribution is -0.137. The first-order chi connectivity index (χ1) is 17.7. The van der Waals surface area contributed by atoms with Crippen molar-refractivity contribution >= 4 is 34.8 Å². The van der Waals surface area contributed by atoms with Gasteiger partial charge in [0, 0.05) is 29.5 Å². The van der Waals surface area contributed by atoms with Gasteiger partial charge < -0.3 is 27.0 Å². The number of halogens is 3. The normalized spacial score (nSPS) is 14.8. The van der Waals surface area contributed by atoms with Crippen LogP contribution in [-0.2, 0) is 6.18 Å². The Morgan fingerprint density at radius 2 is 1.78 bits per heavy atom. The number of rotatable bonds is 6. The maximum atomic E-state index is 12.9. The molecule has 2 aromatic carbocycles. The Hall–Kier alpha value is -4.19. The molecule has 1 fully saturated rings. The van der Waals surface area contributed by atoms with Gasteiger partial charge in [-0.1, -0.05) is 32.0 Å². The van der Waals surface area contributed by atoms with Crippen LogP contribution in [0.4, 0.5) is 41.0 Å². The van der Waals surface area contributed by atoms with Gasteiger partial charge in [0.1, 0.15) is 18.0 Å². The SMILES string of the molecule is CC.N=C(c1ccc(NC(=O)Nc2cccc(C(F)(F)F)c2)cc1)c1c(N)ncnc1NC1CCNC1. The van der Waals surface area contributed by atoms with Crippen LogP contribution in [0.15, 0.2) is 54.9 Å². The van der Waals surface area contributed by atoms with Gasteiger partial charge in [0.25, 0.3) is 0 Å². The van der Waals surface area contributed by atoms with Crippen LogP contribution in [-0.4, -0.2) is 40.8 Å². The van der Waals surface area contributed by atoms with Crippen molar-refractivity contribution in [1.29, 1.82) is 5.41 Å². The maximum Gasteiger partial charge on any atom is 0.416 e. The zero-order valence-corrected chi connectivity index (χ0v) is 20.4. The molecule has 0 bridgehead atoms. The number of carbonyl (C=O) groups excluding carboxylic acids is 1. The minimum atomic E-state index is -4.51. The Kier molecular flexibility index (Phi) is 9.01. The van der Waals surface area contributed by atoms with Crippen LogP contribution in [0.3, 0.4) is 0 Å². The van der Waals surface area contributed by atoms with Crippen molar-refractivity contribution < 1.29 is 18.0 Å². The number of hydrogen-bond donors (Lipinski definition) is 6. The van der Waals surface area contributed by atoms with Crippen LogP contribution in [0.1, 0.15) is 37.0 Å². The largest absolute Gasteiger partial charge is 0.416 e. The molecular formula is C25H29F3N8O. The standard InChI is InChI=1S/C23H23F3N8O.C2H6/c24-23(25,26)14-2-1-3-16(10-14)34-22(35)33-15-6-4-13(5-7-15)19(27)18-20(28)30-12-31-21(18)32-17-8-9-29-11-17;1-2/h1-7,10,12,17,27,29H,8-9,11H2,(H2,33,34,35)(H3,28,30,31,32);1-2H3. The fourth-order valence-corrected chi connectivity index (χ4v) is 3.66. The maximum absolute atomic E-state index is 12.9. The summed E-state index contributed by atoms with van der Waals surface area (Å²) >= 11 is 0. The molecule has 1 unspecified atom stereocenters. The highest BCUT2D eigenvalue weighted by molar-refractivity contribution is 6.16. The van der Waals surface area contributed by atoms with Crippen LogP contribution in [0.25, 0.3) is 0 Å². The van der Waals surface area contributed by atoms with E-state index in [9.17, 15) is 18.0 Å². The van der Waals surface area contributed by atoms with Crippen LogP contribution in [0, 0.1) is 5.41 Å². The van der Waals surface area contributed by atoms with Gasteiger partial charge in [-0.15, -0.1) is 0 Å². The first kappa shape index (κ1) is 27.4. The van der Waals surface area contributed by atoms with Crippen molar-refractivity contribution in [3.05, 3.63) is 71.5 Å². The van der Waals surface area contributed by atoms with Crippen molar-refractivity contribution in [3.8, 4) is 0 Å². The van der Waals surface area contributed by atoms with Gasteiger partial charge in [-0.2, -0.15) is 13.2 Å². The minimum Gasteiger partial charge on any atom is -0.383 e. The molecule has 196 valence electrons. The van der Waals surface area contributed by atoms with E-state index in [2.05, 4.69) is 31.2 Å². The molecule has 2 heterocycles. The van der Waals surface area contributed by atoms with Crippen molar-refractivity contribution in [2.24, 2.45) is 0 Å². The second kappa shape index (κ2) is 12.2. The van der Waals surface area contributed by atoms with Crippen LogP contribution >= 0.6 is 0 Å². The molecule has 37 heavy (non-hydrogen) atoms. The quantitative estimate of drug-likeness (QED) is 0.258. The Morgan fingerprint density at radius 3 is 2.43 bits per heavy atom. The third-order valence-corrected chi connectivity index (χ3v) is 5.41. The number of nitrogens with one attached hydrogen (secondary N) is 5. The van der Waals surface area contributed by atoms with Crippen LogP contribution in [0.2, 0.25) is 0 Å². The number of aromatic nitrogens is 2. The number of carbonyl (C=O) groups is 1. The van der Waals surface area contributed by atoms with Gasteiger partial charge in [0.2, 0.25) is 0 Å². The summed E-state index contributed by atoms with van der Waals surface area (Å²) in [4.78, 5) is 20.5. The predicted octanol–water partition coefficient (Wildman–Crippen LogP) is 4.94. The molecule has 2 amide bonds. The topological polar surface area (TPSA) is 141 Å². The van der Waals surface area contributed by atoms with Crippen molar-refractivity contribution in [1.82, 2.24) is 15.3 Å². The van der Waals surface area contributed by atoms with E-state index in [-0.39, 0.29) is 23.3 Å². The Labute approximate surface area is 212 Å². The van der Waals surface area contributed by atoms with E-state index in [0.29, 0.717) is 22.6 Å². The van der Waals surface area contributed by atoms with Crippen LogP contribution in [0.5, 0.6) is 0 Å². The summed E-state index contributed by atoms with van der Waals surface area (Å²) in [6.07, 6.45) is -2.25. The number of nitrogen functional groups attached to an aromatic ring is 1. The predicted molar refractivity (Wildman–Crippen MR) is 139 cm³/mol. The van der Waals surface area contributed by atoms with E-state index in [4.69, 9.17) is 11.1 Å². The highest BCUT2D eigenvalue weighted by atomic mass is 19.4. The monoisotopic (exact) mass is 514 g/mol. The molecule has 1 aromatic heterocycles. The number of anilines is 4. The number of urea groups is 1. The summed E-state index contributed by atoms with van der Waals surface area (Å²) in [5, 5.41) is 20.1. The number of amides is 2. The molecule has 7 N–H and O–H groups in total. The molecule has 12 heteroatoms. The number of hydrogen-bond acceptors (Lipinski definition) is 7. The summed E-state index contributed by atoms with van der Waals surface area (Å²) in [6, 6.07) is 10.2. The van der Waals surface area contributed by atoms with Crippen LogP contribution < -0.4 is 27.0 Å². The zero-order valence-electron chi connectivity index (χ0n) is 20.4. The summed E-state index contributed by atoms with van der Waals surface area (Å²) in [5.41, 5.74) is 6.59. The fourth-order valence-electron chi connectivity index (χ4n) is 3.66. The van der Waals surface area contributed by atoms with Gasteiger partial charge in [-0.3, -0.25) is 5.41 Å². The van der Waals surface area contributed by atoms with E-state index in [1.165, 1.54) is 18.5 Å². The van der Waals surface area contributed by atoms with E-state index >= 15 is 0 Å². The van der Waals surface area contributed by atoms with Gasteiger partial charge in [0.15, 0.2) is 0 Å². The number of alkyl halides is 3. The van der Waals surface area contributed by atoms with E-state index in [1.54, 1.807) is 24.3 Å². The van der Waals surface area contributed by atoms with E-state index < -0.39 is 17.8 Å². The van der Waals surface area contributed by atoms with Gasteiger partial charge >= 0.3 is 12.2 Å². The molecule has 4 rings (SSSR count). The number of nitrogens with zero attached hydrogens (tertiary/aromatic N) is 2. The summed E-state index contributed by atoms with van der Waals surface area (Å²) in [6.45, 7) is 5.67. The van der Waals surface area contributed by atoms with Gasteiger partial charge in [-0.25, -0.2) is 14.8 Å². The molecule has 9 nitrogen and oxygen atoms in total. The third-order valence-electron chi connectivity index (χ3n) is 5.41. The molecule has 1 saturated heterocycles. The van der Waals surface area contributed by atoms with E-state index in [0.717, 1.165) is 31.6 Å². The van der Waals surface area contributed by atoms with Gasteiger partial charge in [-0.05, 0) is 43.3 Å². The lowest BCUT2D eigenvalue weighted by Gasteiger charge is -2.17. The molecule has 1 atom stereocenters. The Bertz CT molecular complexity index is 1230. The molecule has 0 saturated carbocycles. The summed E-state index contributed by atoms with van der Waals surface area (Å²) in [7, 11) is 0. The molecule has 0 radical (unpaired) electrons. The molecule has 0 aliphatic carbocycles. The minimum absolute atomic E-state index is 0.00719. The Balaban J connectivity index is 0.00000186. The molecule has 1 aliphatic rings. The molecular weight excluding hydrogens is 485 g/mol. The first-order valence-electron chi connectivity index (χ1n) is 11.7. The van der Waals surface area contributed by atoms with Crippen molar-refractivity contribution in [3.63, 3.8) is 0 Å². The third kappa shape index (κ3) is 7.17. The number of nitrogens with two attached hydrogens (primary N) is 1. The first-order valence-corrected chi connectivity index (χ1v) is 11.7. The Morgan fingerprint density at radius 1 is 1.08 bits per heavy atom. The van der Waals surface area contributed by atoms with E-state index in [1.807, 2.05) is 13.8 Å². The van der Waals surface area contributed by atoms with Crippen molar-refractivity contribution in [2.45, 2.75) is 32.5 Å². The smallest absolute Gasteiger partial charge is 0.383 e. The summed E-state index contributed by atoms with van der Waals surface area (Å²) in [5.74, 6) is 0.639. The lowest BCUT2D eigenvalue weighted by Crippen LogP contribution is -2.25. The molecule has 3 aromatic rings. The highest BCUT2D eigenvalue weighted by Crippen LogP contribution is 2.30. The molecule has 1 aliphatic heterocycles. The summed E-state index contributed by atoms with van der Waals surface area (Å²) < 4.78 is 38.6. The zero-order chi connectivity index (χ0) is 27.0. The van der Waals surface area contributed by atoms with Crippen molar-refractivity contribution in [2.75, 3.05) is 34.8 Å². The average Bonchev–Trinajstić information content (AvgIpc) is 3.38. The second-order valence-electron chi connectivity index (χ2n) is 7.93. The molecule has 0 spiro atoms. The highest BCUT2D eigenvalue weighted by Gasteiger charge is 2.30. The number of benzene rings is 2. The average molecular weight is 515 g/mol. The second-order valence-corrected chi connectivity index (χ2v) is 7.93. The fraction of sp³-hybridized carbons (Fsp3) is 0.280. The van der Waals surface area contributed by atoms with Gasteiger partial charge in [0.05, 0.1) is 16.8 Å².